The molecule has 0 radical (unpaired) electrons. The Morgan fingerprint density at radius 1 is 1.06 bits per heavy atom. The molecule has 1 N–H and O–H groups in total. The SMILES string of the molecule is CCCC(NCC)C1CC(C)(C)CC(C)(C)C1. The third kappa shape index (κ3) is 4.62. The van der Waals surface area contributed by atoms with Crippen LogP contribution in [0.25, 0.3) is 0 Å². The standard InChI is InChI=1S/C16H33N/c1-7-9-14(17-8-2)13-10-15(3,4)12-16(5,6)11-13/h13-14,17H,7-12H2,1-6H3. The van der Waals surface area contributed by atoms with Crippen LogP contribution in [0.2, 0.25) is 0 Å². The Morgan fingerprint density at radius 3 is 2.00 bits per heavy atom. The molecule has 1 saturated carbocycles. The average molecular weight is 239 g/mol. The minimum Gasteiger partial charge on any atom is -0.314 e. The molecule has 0 spiro atoms. The van der Waals surface area contributed by atoms with Gasteiger partial charge in [-0.2, -0.15) is 0 Å². The topological polar surface area (TPSA) is 12.0 Å². The zero-order chi connectivity index (χ0) is 13.1. The molecule has 1 aliphatic rings. The Kier molecular flexibility index (Phi) is 5.07. The zero-order valence-electron chi connectivity index (χ0n) is 12.9. The van der Waals surface area contributed by atoms with Crippen LogP contribution in [-0.4, -0.2) is 12.6 Å². The van der Waals surface area contributed by atoms with Crippen molar-refractivity contribution in [1.29, 1.82) is 0 Å². The maximum absolute atomic E-state index is 3.73. The fourth-order valence-electron chi connectivity index (χ4n) is 4.29. The number of rotatable bonds is 5. The van der Waals surface area contributed by atoms with Crippen LogP contribution < -0.4 is 5.32 Å². The van der Waals surface area contributed by atoms with Gasteiger partial charge in [-0.15, -0.1) is 0 Å². The van der Waals surface area contributed by atoms with Crippen LogP contribution >= 0.6 is 0 Å². The summed E-state index contributed by atoms with van der Waals surface area (Å²) >= 11 is 0. The van der Waals surface area contributed by atoms with Crippen LogP contribution in [-0.2, 0) is 0 Å². The molecule has 1 fully saturated rings. The van der Waals surface area contributed by atoms with Crippen LogP contribution in [0, 0.1) is 16.7 Å². The van der Waals surface area contributed by atoms with E-state index < -0.39 is 0 Å². The van der Waals surface area contributed by atoms with Gasteiger partial charge in [0.25, 0.3) is 0 Å². The first-order valence-electron chi connectivity index (χ1n) is 7.53. The highest BCUT2D eigenvalue weighted by molar-refractivity contribution is 4.93. The summed E-state index contributed by atoms with van der Waals surface area (Å²) < 4.78 is 0. The minimum absolute atomic E-state index is 0.522. The summed E-state index contributed by atoms with van der Waals surface area (Å²) in [6, 6.07) is 0.740. The summed E-state index contributed by atoms with van der Waals surface area (Å²) in [4.78, 5) is 0. The predicted molar refractivity (Wildman–Crippen MR) is 77.3 cm³/mol. The van der Waals surface area contributed by atoms with E-state index in [0.717, 1.165) is 18.5 Å². The van der Waals surface area contributed by atoms with Crippen molar-refractivity contribution in [3.63, 3.8) is 0 Å². The quantitative estimate of drug-likeness (QED) is 0.738. The molecule has 1 rings (SSSR count). The van der Waals surface area contributed by atoms with Gasteiger partial charge in [-0.05, 0) is 49.0 Å². The molecule has 0 bridgehead atoms. The second kappa shape index (κ2) is 5.73. The molecule has 102 valence electrons. The lowest BCUT2D eigenvalue weighted by atomic mass is 9.60. The van der Waals surface area contributed by atoms with Crippen molar-refractivity contribution >= 4 is 0 Å². The molecule has 1 nitrogen and oxygen atoms in total. The van der Waals surface area contributed by atoms with Gasteiger partial charge in [0.05, 0.1) is 0 Å². The summed E-state index contributed by atoms with van der Waals surface area (Å²) in [5.74, 6) is 0.869. The van der Waals surface area contributed by atoms with Gasteiger partial charge in [0, 0.05) is 6.04 Å². The van der Waals surface area contributed by atoms with Gasteiger partial charge < -0.3 is 5.32 Å². The van der Waals surface area contributed by atoms with Crippen LogP contribution in [0.4, 0.5) is 0 Å². The first-order valence-corrected chi connectivity index (χ1v) is 7.53. The number of hydrogen-bond donors (Lipinski definition) is 1. The number of nitrogens with one attached hydrogen (secondary N) is 1. The monoisotopic (exact) mass is 239 g/mol. The molecule has 0 saturated heterocycles. The second-order valence-electron chi connectivity index (χ2n) is 7.63. The second-order valence-corrected chi connectivity index (χ2v) is 7.63. The average Bonchev–Trinajstić information content (AvgIpc) is 2.12. The molecule has 0 aromatic heterocycles. The molecule has 1 heteroatoms. The zero-order valence-corrected chi connectivity index (χ0v) is 12.9. The summed E-state index contributed by atoms with van der Waals surface area (Å²) in [7, 11) is 0. The van der Waals surface area contributed by atoms with Gasteiger partial charge in [-0.25, -0.2) is 0 Å². The molecular weight excluding hydrogens is 206 g/mol. The van der Waals surface area contributed by atoms with Crippen LogP contribution in [0.1, 0.15) is 73.6 Å². The van der Waals surface area contributed by atoms with E-state index in [1.807, 2.05) is 0 Å². The molecule has 1 aliphatic carbocycles. The third-order valence-corrected chi connectivity index (χ3v) is 4.22. The van der Waals surface area contributed by atoms with E-state index >= 15 is 0 Å². The van der Waals surface area contributed by atoms with Crippen molar-refractivity contribution in [1.82, 2.24) is 5.32 Å². The van der Waals surface area contributed by atoms with Gasteiger partial charge in [0.15, 0.2) is 0 Å². The van der Waals surface area contributed by atoms with E-state index in [1.54, 1.807) is 0 Å². The van der Waals surface area contributed by atoms with Crippen molar-refractivity contribution in [2.24, 2.45) is 16.7 Å². The van der Waals surface area contributed by atoms with Gasteiger partial charge in [0.1, 0.15) is 0 Å². The van der Waals surface area contributed by atoms with Gasteiger partial charge >= 0.3 is 0 Å². The van der Waals surface area contributed by atoms with E-state index in [1.165, 1.54) is 32.1 Å². The molecule has 0 aromatic rings. The maximum atomic E-state index is 3.73. The molecule has 1 unspecified atom stereocenters. The van der Waals surface area contributed by atoms with Crippen LogP contribution in [0.3, 0.4) is 0 Å². The first kappa shape index (κ1) is 15.0. The Balaban J connectivity index is 2.73. The highest BCUT2D eigenvalue weighted by atomic mass is 14.9. The van der Waals surface area contributed by atoms with E-state index in [2.05, 4.69) is 46.9 Å². The molecule has 0 aromatic carbocycles. The van der Waals surface area contributed by atoms with Gasteiger partial charge in [-0.3, -0.25) is 0 Å². The third-order valence-electron chi connectivity index (χ3n) is 4.22. The molecule has 0 amide bonds. The smallest absolute Gasteiger partial charge is 0.00955 e. The van der Waals surface area contributed by atoms with Crippen molar-refractivity contribution in [3.8, 4) is 0 Å². The maximum Gasteiger partial charge on any atom is 0.00955 e. The molecule has 0 aliphatic heterocycles. The minimum atomic E-state index is 0.522. The fraction of sp³-hybridized carbons (Fsp3) is 1.00. The molecule has 17 heavy (non-hydrogen) atoms. The first-order chi connectivity index (χ1) is 7.79. The largest absolute Gasteiger partial charge is 0.314 e. The van der Waals surface area contributed by atoms with Gasteiger partial charge in [0.2, 0.25) is 0 Å². The number of hydrogen-bond acceptors (Lipinski definition) is 1. The summed E-state index contributed by atoms with van der Waals surface area (Å²) in [6.45, 7) is 15.5. The lowest BCUT2D eigenvalue weighted by Gasteiger charge is -2.47. The van der Waals surface area contributed by atoms with Crippen molar-refractivity contribution in [2.45, 2.75) is 79.7 Å². The van der Waals surface area contributed by atoms with Gasteiger partial charge in [-0.1, -0.05) is 48.0 Å². The summed E-state index contributed by atoms with van der Waals surface area (Å²) in [6.07, 6.45) is 6.81. The Morgan fingerprint density at radius 2 is 1.59 bits per heavy atom. The lowest BCUT2D eigenvalue weighted by molar-refractivity contribution is 0.0479. The van der Waals surface area contributed by atoms with Crippen LogP contribution in [0.5, 0.6) is 0 Å². The van der Waals surface area contributed by atoms with Crippen LogP contribution in [0.15, 0.2) is 0 Å². The molecule has 0 heterocycles. The molecule has 1 atom stereocenters. The highest BCUT2D eigenvalue weighted by Crippen LogP contribution is 2.49. The molecular formula is C16H33N. The lowest BCUT2D eigenvalue weighted by Crippen LogP contribution is -2.44. The van der Waals surface area contributed by atoms with E-state index in [9.17, 15) is 0 Å². The van der Waals surface area contributed by atoms with E-state index in [0.29, 0.717) is 10.8 Å². The Bertz CT molecular complexity index is 208. The highest BCUT2D eigenvalue weighted by Gasteiger charge is 2.40. The summed E-state index contributed by atoms with van der Waals surface area (Å²) in [5, 5.41) is 3.73. The van der Waals surface area contributed by atoms with E-state index in [4.69, 9.17) is 0 Å². The normalized spacial score (nSPS) is 25.8. The van der Waals surface area contributed by atoms with E-state index in [-0.39, 0.29) is 0 Å². The predicted octanol–water partition coefficient (Wildman–Crippen LogP) is 4.62. The Labute approximate surface area is 109 Å². The van der Waals surface area contributed by atoms with Crippen molar-refractivity contribution in [3.05, 3.63) is 0 Å². The summed E-state index contributed by atoms with van der Waals surface area (Å²) in [5.41, 5.74) is 1.04. The fourth-order valence-corrected chi connectivity index (χ4v) is 4.29. The Hall–Kier alpha value is -0.0400. The van der Waals surface area contributed by atoms with Crippen molar-refractivity contribution in [2.75, 3.05) is 6.54 Å². The van der Waals surface area contributed by atoms with Crippen molar-refractivity contribution < 1.29 is 0 Å².